The Hall–Kier alpha value is -2.34. The number of rotatable bonds is 9. The summed E-state index contributed by atoms with van der Waals surface area (Å²) < 4.78 is 13.0. The normalized spacial score (nSPS) is 11.9. The van der Waals surface area contributed by atoms with Crippen LogP contribution in [0.4, 0.5) is 4.39 Å². The molecule has 0 spiro atoms. The first-order valence-electron chi connectivity index (χ1n) is 9.32. The molecule has 0 bridgehead atoms. The molecule has 2 aromatic rings. The molecule has 0 unspecified atom stereocenters. The smallest absolute Gasteiger partial charge is 0.242 e. The summed E-state index contributed by atoms with van der Waals surface area (Å²) in [4.78, 5) is 27.0. The zero-order valence-electron chi connectivity index (χ0n) is 16.5. The molecule has 0 aliphatic heterocycles. The van der Waals surface area contributed by atoms with E-state index in [0.29, 0.717) is 12.3 Å². The van der Waals surface area contributed by atoms with Gasteiger partial charge in [0.2, 0.25) is 11.8 Å². The number of amides is 2. The molecule has 0 saturated carbocycles. The van der Waals surface area contributed by atoms with Gasteiger partial charge in [0.05, 0.1) is 5.75 Å². The molecule has 4 nitrogen and oxygen atoms in total. The fourth-order valence-electron chi connectivity index (χ4n) is 2.69. The van der Waals surface area contributed by atoms with Crippen LogP contribution in [0.1, 0.15) is 31.9 Å². The Balaban J connectivity index is 2.02. The molecule has 28 heavy (non-hydrogen) atoms. The van der Waals surface area contributed by atoms with Crippen molar-refractivity contribution in [3.63, 3.8) is 0 Å². The summed E-state index contributed by atoms with van der Waals surface area (Å²) in [5.74, 6) is 0.329. The average molecular weight is 403 g/mol. The predicted octanol–water partition coefficient (Wildman–Crippen LogP) is 4.00. The highest BCUT2D eigenvalue weighted by Crippen LogP contribution is 2.16. The van der Waals surface area contributed by atoms with Crippen molar-refractivity contribution >= 4 is 23.6 Å². The van der Waals surface area contributed by atoms with Crippen molar-refractivity contribution in [2.75, 3.05) is 5.75 Å². The van der Waals surface area contributed by atoms with Crippen molar-refractivity contribution in [2.24, 2.45) is 0 Å². The summed E-state index contributed by atoms with van der Waals surface area (Å²) in [6, 6.07) is 15.3. The Morgan fingerprint density at radius 2 is 1.64 bits per heavy atom. The number of nitrogens with zero attached hydrogens (tertiary/aromatic N) is 1. The first-order valence-corrected chi connectivity index (χ1v) is 10.5. The molecule has 150 valence electrons. The monoisotopic (exact) mass is 402 g/mol. The second-order valence-corrected chi connectivity index (χ2v) is 7.95. The van der Waals surface area contributed by atoms with Gasteiger partial charge in [0.1, 0.15) is 11.9 Å². The molecule has 2 aromatic carbocycles. The molecule has 2 rings (SSSR count). The molecule has 0 aliphatic carbocycles. The van der Waals surface area contributed by atoms with Crippen LogP contribution >= 0.6 is 11.8 Å². The number of thioether (sulfide) groups is 1. The summed E-state index contributed by atoms with van der Waals surface area (Å²) in [6.07, 6.45) is 0. The molecule has 6 heteroatoms. The number of hydrogen-bond acceptors (Lipinski definition) is 3. The number of benzene rings is 2. The SMILES string of the molecule is CC(C)NC(=O)[C@H](C)N(Cc1ccccc1)C(=O)CSCc1ccc(F)cc1. The average Bonchev–Trinajstić information content (AvgIpc) is 2.67. The lowest BCUT2D eigenvalue weighted by molar-refractivity contribution is -0.138. The van der Waals surface area contributed by atoms with Crippen molar-refractivity contribution in [1.29, 1.82) is 0 Å². The van der Waals surface area contributed by atoms with Gasteiger partial charge in [-0.05, 0) is 44.0 Å². The number of carbonyl (C=O) groups excluding carboxylic acids is 2. The van der Waals surface area contributed by atoms with E-state index in [4.69, 9.17) is 0 Å². The molecule has 0 aliphatic rings. The Morgan fingerprint density at radius 1 is 1.00 bits per heavy atom. The minimum absolute atomic E-state index is 0.0106. The van der Waals surface area contributed by atoms with Gasteiger partial charge < -0.3 is 10.2 Å². The Kier molecular flexibility index (Phi) is 8.51. The Labute approximate surface area is 170 Å². The Morgan fingerprint density at radius 3 is 2.25 bits per heavy atom. The minimum Gasteiger partial charge on any atom is -0.352 e. The van der Waals surface area contributed by atoms with Crippen LogP contribution in [0.25, 0.3) is 0 Å². The van der Waals surface area contributed by atoms with Crippen LogP contribution in [-0.4, -0.2) is 34.6 Å². The Bertz CT molecular complexity index is 766. The summed E-state index contributed by atoms with van der Waals surface area (Å²) in [5, 5.41) is 2.88. The van der Waals surface area contributed by atoms with Crippen LogP contribution < -0.4 is 5.32 Å². The van der Waals surface area contributed by atoms with Gasteiger partial charge in [0, 0.05) is 18.3 Å². The molecule has 0 saturated heterocycles. The van der Waals surface area contributed by atoms with Crippen molar-refractivity contribution in [2.45, 2.75) is 45.2 Å². The quantitative estimate of drug-likeness (QED) is 0.690. The number of carbonyl (C=O) groups is 2. The van der Waals surface area contributed by atoms with E-state index in [2.05, 4.69) is 5.32 Å². The zero-order valence-corrected chi connectivity index (χ0v) is 17.3. The summed E-state index contributed by atoms with van der Waals surface area (Å²) >= 11 is 1.46. The molecule has 0 fully saturated rings. The number of nitrogens with one attached hydrogen (secondary N) is 1. The highest BCUT2D eigenvalue weighted by atomic mass is 32.2. The van der Waals surface area contributed by atoms with Crippen molar-refractivity contribution in [3.05, 3.63) is 71.5 Å². The van der Waals surface area contributed by atoms with E-state index in [1.54, 1.807) is 24.0 Å². The predicted molar refractivity (Wildman–Crippen MR) is 112 cm³/mol. The van der Waals surface area contributed by atoms with Gasteiger partial charge >= 0.3 is 0 Å². The molecule has 1 atom stereocenters. The fourth-order valence-corrected chi connectivity index (χ4v) is 3.56. The number of halogens is 1. The lowest BCUT2D eigenvalue weighted by Crippen LogP contribution is -2.49. The third kappa shape index (κ3) is 7.00. The molecule has 0 aromatic heterocycles. The van der Waals surface area contributed by atoms with Crippen molar-refractivity contribution < 1.29 is 14.0 Å². The van der Waals surface area contributed by atoms with E-state index < -0.39 is 6.04 Å². The van der Waals surface area contributed by atoms with Crippen LogP contribution in [0.5, 0.6) is 0 Å². The fraction of sp³-hybridized carbons (Fsp3) is 0.364. The van der Waals surface area contributed by atoms with Crippen LogP contribution in [0, 0.1) is 5.82 Å². The summed E-state index contributed by atoms with van der Waals surface area (Å²) in [5.41, 5.74) is 1.93. The topological polar surface area (TPSA) is 49.4 Å². The van der Waals surface area contributed by atoms with Crippen molar-refractivity contribution in [3.8, 4) is 0 Å². The van der Waals surface area contributed by atoms with Crippen LogP contribution in [-0.2, 0) is 21.9 Å². The second-order valence-electron chi connectivity index (χ2n) is 6.97. The zero-order chi connectivity index (χ0) is 20.5. The summed E-state index contributed by atoms with van der Waals surface area (Å²) in [6.45, 7) is 5.92. The molecular formula is C22H27FN2O2S. The van der Waals surface area contributed by atoms with E-state index in [1.165, 1.54) is 23.9 Å². The van der Waals surface area contributed by atoms with Gasteiger partial charge in [0.15, 0.2) is 0 Å². The lowest BCUT2D eigenvalue weighted by atomic mass is 10.1. The van der Waals surface area contributed by atoms with Gasteiger partial charge in [-0.15, -0.1) is 11.8 Å². The highest BCUT2D eigenvalue weighted by Gasteiger charge is 2.26. The van der Waals surface area contributed by atoms with Gasteiger partial charge in [-0.1, -0.05) is 42.5 Å². The maximum atomic E-state index is 13.0. The third-order valence-electron chi connectivity index (χ3n) is 4.20. The van der Waals surface area contributed by atoms with Crippen LogP contribution in [0.15, 0.2) is 54.6 Å². The molecular weight excluding hydrogens is 375 g/mol. The van der Waals surface area contributed by atoms with Crippen LogP contribution in [0.2, 0.25) is 0 Å². The largest absolute Gasteiger partial charge is 0.352 e. The third-order valence-corrected chi connectivity index (χ3v) is 5.19. The highest BCUT2D eigenvalue weighted by molar-refractivity contribution is 7.99. The maximum Gasteiger partial charge on any atom is 0.242 e. The first-order chi connectivity index (χ1) is 13.4. The lowest BCUT2D eigenvalue weighted by Gasteiger charge is -2.29. The van der Waals surface area contributed by atoms with E-state index in [1.807, 2.05) is 44.2 Å². The molecule has 0 radical (unpaired) electrons. The van der Waals surface area contributed by atoms with E-state index in [9.17, 15) is 14.0 Å². The maximum absolute atomic E-state index is 13.0. The summed E-state index contributed by atoms with van der Waals surface area (Å²) in [7, 11) is 0. The number of hydrogen-bond donors (Lipinski definition) is 1. The standard InChI is InChI=1S/C22H27FN2O2S/c1-16(2)24-22(27)17(3)25(13-18-7-5-4-6-8-18)21(26)15-28-14-19-9-11-20(23)12-10-19/h4-12,16-17H,13-15H2,1-3H3,(H,24,27)/t17-/m0/s1. The van der Waals surface area contributed by atoms with E-state index in [-0.39, 0.29) is 29.4 Å². The molecule has 0 heterocycles. The molecule has 2 amide bonds. The van der Waals surface area contributed by atoms with Gasteiger partial charge in [-0.3, -0.25) is 9.59 Å². The van der Waals surface area contributed by atoms with E-state index in [0.717, 1.165) is 11.1 Å². The van der Waals surface area contributed by atoms with Gasteiger partial charge in [-0.25, -0.2) is 4.39 Å². The first kappa shape index (κ1) is 22.0. The second kappa shape index (κ2) is 10.9. The van der Waals surface area contributed by atoms with Crippen LogP contribution in [0.3, 0.4) is 0 Å². The van der Waals surface area contributed by atoms with Gasteiger partial charge in [-0.2, -0.15) is 0 Å². The van der Waals surface area contributed by atoms with Gasteiger partial charge in [0.25, 0.3) is 0 Å². The van der Waals surface area contributed by atoms with E-state index >= 15 is 0 Å². The minimum atomic E-state index is -0.568. The molecule has 1 N–H and O–H groups in total. The van der Waals surface area contributed by atoms with Crippen molar-refractivity contribution in [1.82, 2.24) is 10.2 Å².